The first kappa shape index (κ1) is 15.9. The zero-order chi connectivity index (χ0) is 14.5. The Morgan fingerprint density at radius 1 is 1.40 bits per heavy atom. The number of unbranched alkanes of at least 4 members (excludes halogenated alkanes) is 1. The van der Waals surface area contributed by atoms with Crippen LogP contribution in [0.15, 0.2) is 22.3 Å². The summed E-state index contributed by atoms with van der Waals surface area (Å²) in [4.78, 5) is 17.6. The summed E-state index contributed by atoms with van der Waals surface area (Å²) in [7, 11) is 4.22. The Balaban J connectivity index is 1.84. The van der Waals surface area contributed by atoms with E-state index in [4.69, 9.17) is 11.6 Å². The third-order valence-electron chi connectivity index (χ3n) is 3.75. The van der Waals surface area contributed by atoms with Crippen molar-refractivity contribution < 1.29 is 4.79 Å². The molecule has 20 heavy (non-hydrogen) atoms. The summed E-state index contributed by atoms with van der Waals surface area (Å²) in [5.41, 5.74) is 2.56. The summed E-state index contributed by atoms with van der Waals surface area (Å²) < 4.78 is 0. The van der Waals surface area contributed by atoms with E-state index >= 15 is 0 Å². The molecular formula is C15H23ClN2OS. The Hall–Kier alpha value is -0.450. The van der Waals surface area contributed by atoms with Crippen molar-refractivity contribution in [3.8, 4) is 0 Å². The summed E-state index contributed by atoms with van der Waals surface area (Å²) >= 11 is 7.54. The second-order valence-electron chi connectivity index (χ2n) is 5.51. The molecule has 112 valence electrons. The fourth-order valence-electron chi connectivity index (χ4n) is 2.70. The topological polar surface area (TPSA) is 23.6 Å². The average Bonchev–Trinajstić information content (AvgIpc) is 2.76. The van der Waals surface area contributed by atoms with Gasteiger partial charge in [-0.1, -0.05) is 0 Å². The van der Waals surface area contributed by atoms with Crippen molar-refractivity contribution in [2.45, 2.75) is 25.7 Å². The van der Waals surface area contributed by atoms with E-state index in [9.17, 15) is 4.79 Å². The lowest BCUT2D eigenvalue weighted by atomic mass is 9.97. The lowest BCUT2D eigenvalue weighted by molar-refractivity contribution is -0.114. The number of allylic oxidation sites excluding steroid dienone is 3. The van der Waals surface area contributed by atoms with Gasteiger partial charge in [0.05, 0.1) is 11.6 Å². The number of nitrogens with zero attached hydrogens (tertiary/aromatic N) is 2. The molecule has 0 bridgehead atoms. The number of carbonyl (C=O) groups is 1. The molecule has 0 amide bonds. The van der Waals surface area contributed by atoms with E-state index in [-0.39, 0.29) is 5.78 Å². The van der Waals surface area contributed by atoms with E-state index in [0.29, 0.717) is 12.3 Å². The average molecular weight is 315 g/mol. The molecule has 0 saturated carbocycles. The van der Waals surface area contributed by atoms with E-state index in [1.54, 1.807) is 0 Å². The quantitative estimate of drug-likeness (QED) is 0.532. The summed E-state index contributed by atoms with van der Waals surface area (Å²) in [6.07, 6.45) is 5.75. The Morgan fingerprint density at radius 2 is 2.20 bits per heavy atom. The number of alkyl halides is 1. The number of carbonyl (C=O) groups excluding carboxylic acids is 1. The van der Waals surface area contributed by atoms with E-state index in [1.165, 1.54) is 16.2 Å². The molecule has 0 N–H and O–H groups in total. The van der Waals surface area contributed by atoms with Crippen molar-refractivity contribution in [2.24, 2.45) is 0 Å². The third-order valence-corrected chi connectivity index (χ3v) is 5.13. The fraction of sp³-hybridized carbons (Fsp3) is 0.667. The zero-order valence-electron chi connectivity index (χ0n) is 12.3. The van der Waals surface area contributed by atoms with E-state index in [1.807, 2.05) is 17.8 Å². The van der Waals surface area contributed by atoms with Crippen LogP contribution in [0.3, 0.4) is 0 Å². The monoisotopic (exact) mass is 314 g/mol. The van der Waals surface area contributed by atoms with Gasteiger partial charge in [-0.2, -0.15) is 0 Å². The maximum absolute atomic E-state index is 11.8. The molecule has 3 nitrogen and oxygen atoms in total. The summed E-state index contributed by atoms with van der Waals surface area (Å²) in [6.45, 7) is 2.02. The van der Waals surface area contributed by atoms with Crippen LogP contribution in [-0.4, -0.2) is 54.5 Å². The lowest BCUT2D eigenvalue weighted by Crippen LogP contribution is -2.22. The molecule has 2 rings (SSSR count). The molecule has 0 aromatic rings. The molecule has 0 aromatic heterocycles. The molecule has 1 heterocycles. The smallest absolute Gasteiger partial charge is 0.161 e. The summed E-state index contributed by atoms with van der Waals surface area (Å²) in [5.74, 6) is 1.93. The Labute approximate surface area is 131 Å². The largest absolute Gasteiger partial charge is 0.364 e. The van der Waals surface area contributed by atoms with Gasteiger partial charge in [-0.15, -0.1) is 23.4 Å². The maximum atomic E-state index is 11.8. The normalized spacial score (nSPS) is 18.9. The highest BCUT2D eigenvalue weighted by Gasteiger charge is 2.28. The molecule has 0 atom stereocenters. The SMILES string of the molecule is CN(CCCl)CCCCC1=CC(=O)CC2=C1N(C)CS2. The van der Waals surface area contributed by atoms with Crippen LogP contribution in [0.1, 0.15) is 25.7 Å². The first-order valence-electron chi connectivity index (χ1n) is 7.17. The van der Waals surface area contributed by atoms with E-state index in [0.717, 1.165) is 38.2 Å². The Morgan fingerprint density at radius 3 is 2.95 bits per heavy atom. The van der Waals surface area contributed by atoms with Crippen molar-refractivity contribution >= 4 is 29.1 Å². The zero-order valence-corrected chi connectivity index (χ0v) is 13.9. The van der Waals surface area contributed by atoms with Crippen LogP contribution >= 0.6 is 23.4 Å². The second-order valence-corrected chi connectivity index (χ2v) is 6.92. The lowest BCUT2D eigenvalue weighted by Gasteiger charge is -2.22. The number of hydrogen-bond donors (Lipinski definition) is 0. The molecule has 1 aliphatic heterocycles. The van der Waals surface area contributed by atoms with Gasteiger partial charge in [0, 0.05) is 30.8 Å². The van der Waals surface area contributed by atoms with Gasteiger partial charge in [0.15, 0.2) is 5.78 Å². The standard InChI is InChI=1S/C15H23ClN2OS/c1-17(8-6-16)7-4-3-5-12-9-13(19)10-14-15(12)18(2)11-20-14/h9H,3-8,10-11H2,1-2H3. The van der Waals surface area contributed by atoms with Crippen LogP contribution in [0.2, 0.25) is 0 Å². The van der Waals surface area contributed by atoms with Crippen molar-refractivity contribution in [1.82, 2.24) is 9.80 Å². The van der Waals surface area contributed by atoms with Crippen LogP contribution in [-0.2, 0) is 4.79 Å². The van der Waals surface area contributed by atoms with Gasteiger partial charge in [0.1, 0.15) is 0 Å². The number of thioether (sulfide) groups is 1. The fourth-order valence-corrected chi connectivity index (χ4v) is 4.13. The highest BCUT2D eigenvalue weighted by molar-refractivity contribution is 8.03. The molecule has 0 fully saturated rings. The van der Waals surface area contributed by atoms with E-state index < -0.39 is 0 Å². The minimum atomic E-state index is 0.265. The number of likely N-dealkylation sites (N-methyl/N-ethyl adjacent to an activating group) is 1. The Bertz CT molecular complexity index is 434. The first-order valence-corrected chi connectivity index (χ1v) is 8.69. The first-order chi connectivity index (χ1) is 9.61. The van der Waals surface area contributed by atoms with Crippen LogP contribution < -0.4 is 0 Å². The van der Waals surface area contributed by atoms with Crippen molar-refractivity contribution in [2.75, 3.05) is 38.9 Å². The van der Waals surface area contributed by atoms with Gasteiger partial charge in [-0.25, -0.2) is 0 Å². The van der Waals surface area contributed by atoms with Crippen molar-refractivity contribution in [1.29, 1.82) is 0 Å². The molecule has 0 saturated heterocycles. The molecule has 1 aliphatic carbocycles. The summed E-state index contributed by atoms with van der Waals surface area (Å²) in [5, 5.41) is 0. The van der Waals surface area contributed by atoms with Gasteiger partial charge in [0.25, 0.3) is 0 Å². The molecule has 0 unspecified atom stereocenters. The molecule has 2 aliphatic rings. The second kappa shape index (κ2) is 7.53. The predicted molar refractivity (Wildman–Crippen MR) is 87.0 cm³/mol. The van der Waals surface area contributed by atoms with E-state index in [2.05, 4.69) is 23.9 Å². The number of halogens is 1. The third kappa shape index (κ3) is 4.03. The van der Waals surface area contributed by atoms with Crippen LogP contribution in [0, 0.1) is 0 Å². The highest BCUT2D eigenvalue weighted by Crippen LogP contribution is 2.41. The van der Waals surface area contributed by atoms with Gasteiger partial charge in [-0.3, -0.25) is 4.79 Å². The minimum absolute atomic E-state index is 0.265. The molecule has 5 heteroatoms. The van der Waals surface area contributed by atoms with Crippen LogP contribution in [0.25, 0.3) is 0 Å². The van der Waals surface area contributed by atoms with Crippen LogP contribution in [0.4, 0.5) is 0 Å². The minimum Gasteiger partial charge on any atom is -0.364 e. The highest BCUT2D eigenvalue weighted by atomic mass is 35.5. The van der Waals surface area contributed by atoms with Crippen molar-refractivity contribution in [3.63, 3.8) is 0 Å². The number of hydrogen-bond acceptors (Lipinski definition) is 4. The van der Waals surface area contributed by atoms with Gasteiger partial charge in [-0.05, 0) is 44.5 Å². The molecular weight excluding hydrogens is 292 g/mol. The summed E-state index contributed by atoms with van der Waals surface area (Å²) in [6, 6.07) is 0. The van der Waals surface area contributed by atoms with Gasteiger partial charge in [0.2, 0.25) is 0 Å². The predicted octanol–water partition coefficient (Wildman–Crippen LogP) is 3.07. The van der Waals surface area contributed by atoms with Crippen molar-refractivity contribution in [3.05, 3.63) is 22.3 Å². The molecule has 0 spiro atoms. The maximum Gasteiger partial charge on any atom is 0.161 e. The van der Waals surface area contributed by atoms with Crippen LogP contribution in [0.5, 0.6) is 0 Å². The Kier molecular flexibility index (Phi) is 6.00. The molecule has 0 aromatic carbocycles. The number of rotatable bonds is 7. The molecule has 0 radical (unpaired) electrons. The van der Waals surface area contributed by atoms with Gasteiger partial charge >= 0.3 is 0 Å². The number of ketones is 1. The van der Waals surface area contributed by atoms with Gasteiger partial charge < -0.3 is 9.80 Å².